The third kappa shape index (κ3) is 4.91. The number of nitrogens with one attached hydrogen (secondary N) is 2. The molecule has 0 unspecified atom stereocenters. The second-order valence-electron chi connectivity index (χ2n) is 6.30. The van der Waals surface area contributed by atoms with E-state index < -0.39 is 0 Å². The normalized spacial score (nSPS) is 10.4. The highest BCUT2D eigenvalue weighted by atomic mass is 16.5. The van der Waals surface area contributed by atoms with E-state index in [1.165, 1.54) is 0 Å². The number of nitrogens with zero attached hydrogens (tertiary/aromatic N) is 2. The predicted molar refractivity (Wildman–Crippen MR) is 114 cm³/mol. The number of ether oxygens (including phenoxy) is 2. The summed E-state index contributed by atoms with van der Waals surface area (Å²) in [5, 5.41) is 6.66. The summed E-state index contributed by atoms with van der Waals surface area (Å²) in [4.78, 5) is 9.32. The predicted octanol–water partition coefficient (Wildman–Crippen LogP) is 5.12. The monoisotopic (exact) mass is 378 g/mol. The highest BCUT2D eigenvalue weighted by molar-refractivity contribution is 5.69. The molecule has 0 atom stereocenters. The number of unbranched alkanes of at least 4 members (excludes halogenated alkanes) is 1. The van der Waals surface area contributed by atoms with Gasteiger partial charge in [0.2, 0.25) is 5.95 Å². The number of rotatable bonds is 9. The van der Waals surface area contributed by atoms with Gasteiger partial charge in [-0.2, -0.15) is 4.98 Å². The van der Waals surface area contributed by atoms with Crippen LogP contribution in [0, 0.1) is 0 Å². The molecule has 2 aromatic carbocycles. The van der Waals surface area contributed by atoms with Gasteiger partial charge in [0.15, 0.2) is 0 Å². The van der Waals surface area contributed by atoms with Gasteiger partial charge in [-0.1, -0.05) is 43.7 Å². The maximum absolute atomic E-state index is 5.47. The largest absolute Gasteiger partial charge is 0.497 e. The van der Waals surface area contributed by atoms with Crippen molar-refractivity contribution >= 4 is 17.5 Å². The lowest BCUT2D eigenvalue weighted by Gasteiger charge is -2.14. The Morgan fingerprint density at radius 2 is 1.75 bits per heavy atom. The molecule has 6 heteroatoms. The fourth-order valence-electron chi connectivity index (χ4n) is 2.77. The Morgan fingerprint density at radius 3 is 2.46 bits per heavy atom. The number of aromatic nitrogens is 2. The molecule has 6 nitrogen and oxygen atoms in total. The molecule has 3 rings (SSSR count). The van der Waals surface area contributed by atoms with Gasteiger partial charge in [0, 0.05) is 24.2 Å². The van der Waals surface area contributed by atoms with Gasteiger partial charge in [0.25, 0.3) is 0 Å². The molecule has 0 radical (unpaired) electrons. The van der Waals surface area contributed by atoms with E-state index in [2.05, 4.69) is 22.5 Å². The average Bonchev–Trinajstić information content (AvgIpc) is 2.74. The van der Waals surface area contributed by atoms with E-state index in [-0.39, 0.29) is 0 Å². The molecule has 1 aromatic heterocycles. The van der Waals surface area contributed by atoms with Gasteiger partial charge in [-0.15, -0.1) is 0 Å². The van der Waals surface area contributed by atoms with Crippen LogP contribution in [0.1, 0.15) is 19.8 Å². The van der Waals surface area contributed by atoms with Crippen molar-refractivity contribution in [1.82, 2.24) is 9.97 Å². The van der Waals surface area contributed by atoms with Crippen molar-refractivity contribution < 1.29 is 9.47 Å². The van der Waals surface area contributed by atoms with Crippen LogP contribution in [0.4, 0.5) is 17.5 Å². The van der Waals surface area contributed by atoms with Gasteiger partial charge in [-0.25, -0.2) is 4.98 Å². The maximum atomic E-state index is 5.47. The van der Waals surface area contributed by atoms with E-state index in [1.807, 2.05) is 54.6 Å². The Kier molecular flexibility index (Phi) is 6.68. The summed E-state index contributed by atoms with van der Waals surface area (Å²) in [5.41, 5.74) is 2.66. The highest BCUT2D eigenvalue weighted by Gasteiger charge is 2.10. The third-order valence-electron chi connectivity index (χ3n) is 4.29. The van der Waals surface area contributed by atoms with Crippen LogP contribution in [0.25, 0.3) is 11.3 Å². The Hall–Kier alpha value is -3.28. The fourth-order valence-corrected chi connectivity index (χ4v) is 2.77. The van der Waals surface area contributed by atoms with Gasteiger partial charge in [0.05, 0.1) is 25.6 Å². The topological polar surface area (TPSA) is 68.3 Å². The first-order chi connectivity index (χ1) is 13.7. The summed E-state index contributed by atoms with van der Waals surface area (Å²) in [6.07, 6.45) is 2.21. The lowest BCUT2D eigenvalue weighted by Crippen LogP contribution is -2.07. The minimum absolute atomic E-state index is 0.504. The first-order valence-corrected chi connectivity index (χ1v) is 9.41. The van der Waals surface area contributed by atoms with E-state index in [0.29, 0.717) is 11.7 Å². The quantitative estimate of drug-likeness (QED) is 0.504. The maximum Gasteiger partial charge on any atom is 0.229 e. The van der Waals surface area contributed by atoms with E-state index in [9.17, 15) is 0 Å². The average molecular weight is 378 g/mol. The molecule has 0 spiro atoms. The summed E-state index contributed by atoms with van der Waals surface area (Å²) in [7, 11) is 3.25. The van der Waals surface area contributed by atoms with Crippen LogP contribution in [-0.4, -0.2) is 30.7 Å². The Bertz CT molecular complexity index is 900. The lowest BCUT2D eigenvalue weighted by molar-refractivity contribution is 0.395. The molecule has 0 amide bonds. The summed E-state index contributed by atoms with van der Waals surface area (Å²) < 4.78 is 10.7. The molecule has 0 aliphatic carbocycles. The summed E-state index contributed by atoms with van der Waals surface area (Å²) in [5.74, 6) is 2.68. The van der Waals surface area contributed by atoms with Gasteiger partial charge in [-0.3, -0.25) is 0 Å². The Labute approximate surface area is 166 Å². The van der Waals surface area contributed by atoms with Crippen LogP contribution in [0.2, 0.25) is 0 Å². The van der Waals surface area contributed by atoms with E-state index in [0.717, 1.165) is 47.9 Å². The first kappa shape index (κ1) is 19.5. The number of anilines is 3. The summed E-state index contributed by atoms with van der Waals surface area (Å²) >= 11 is 0. The zero-order chi connectivity index (χ0) is 19.8. The van der Waals surface area contributed by atoms with Crippen molar-refractivity contribution in [3.05, 3.63) is 54.6 Å². The standard InChI is InChI=1S/C22H26N4O2/c1-4-5-13-23-21-15-19(16-9-7-6-8-10-16)25-22(26-21)24-18-12-11-17(27-2)14-20(18)28-3/h6-12,14-15H,4-5,13H2,1-3H3,(H2,23,24,25,26). The molecule has 2 N–H and O–H groups in total. The Balaban J connectivity index is 1.94. The summed E-state index contributed by atoms with van der Waals surface area (Å²) in [6.45, 7) is 3.03. The Morgan fingerprint density at radius 1 is 0.929 bits per heavy atom. The van der Waals surface area contributed by atoms with Crippen LogP contribution in [-0.2, 0) is 0 Å². The first-order valence-electron chi connectivity index (χ1n) is 9.41. The third-order valence-corrected chi connectivity index (χ3v) is 4.29. The van der Waals surface area contributed by atoms with Crippen molar-refractivity contribution in [2.45, 2.75) is 19.8 Å². The molecule has 0 aliphatic heterocycles. The molecule has 0 saturated carbocycles. The van der Waals surface area contributed by atoms with Crippen LogP contribution >= 0.6 is 0 Å². The highest BCUT2D eigenvalue weighted by Crippen LogP contribution is 2.31. The summed E-state index contributed by atoms with van der Waals surface area (Å²) in [6, 6.07) is 17.6. The van der Waals surface area contributed by atoms with Crippen molar-refractivity contribution in [1.29, 1.82) is 0 Å². The minimum Gasteiger partial charge on any atom is -0.497 e. The second kappa shape index (κ2) is 9.60. The van der Waals surface area contributed by atoms with Gasteiger partial charge < -0.3 is 20.1 Å². The molecular formula is C22H26N4O2. The second-order valence-corrected chi connectivity index (χ2v) is 6.30. The molecule has 0 aliphatic rings. The van der Waals surface area contributed by atoms with Gasteiger partial charge in [0.1, 0.15) is 17.3 Å². The zero-order valence-corrected chi connectivity index (χ0v) is 16.5. The molecule has 3 aromatic rings. The molecular weight excluding hydrogens is 352 g/mol. The molecule has 146 valence electrons. The lowest BCUT2D eigenvalue weighted by atomic mass is 10.1. The van der Waals surface area contributed by atoms with Gasteiger partial charge in [-0.05, 0) is 18.6 Å². The van der Waals surface area contributed by atoms with E-state index in [1.54, 1.807) is 14.2 Å². The van der Waals surface area contributed by atoms with E-state index in [4.69, 9.17) is 14.5 Å². The molecule has 0 fully saturated rings. The number of hydrogen-bond donors (Lipinski definition) is 2. The van der Waals surface area contributed by atoms with Crippen LogP contribution in [0.3, 0.4) is 0 Å². The molecule has 28 heavy (non-hydrogen) atoms. The number of methoxy groups -OCH3 is 2. The van der Waals surface area contributed by atoms with Crippen molar-refractivity contribution in [2.75, 3.05) is 31.4 Å². The van der Waals surface area contributed by atoms with Crippen LogP contribution in [0.5, 0.6) is 11.5 Å². The smallest absolute Gasteiger partial charge is 0.229 e. The SMILES string of the molecule is CCCCNc1cc(-c2ccccc2)nc(Nc2ccc(OC)cc2OC)n1. The van der Waals surface area contributed by atoms with Crippen LogP contribution in [0.15, 0.2) is 54.6 Å². The molecule has 0 saturated heterocycles. The van der Waals surface area contributed by atoms with Crippen LogP contribution < -0.4 is 20.1 Å². The fraction of sp³-hybridized carbons (Fsp3) is 0.273. The molecule has 1 heterocycles. The number of hydrogen-bond acceptors (Lipinski definition) is 6. The van der Waals surface area contributed by atoms with Crippen molar-refractivity contribution in [2.24, 2.45) is 0 Å². The van der Waals surface area contributed by atoms with E-state index >= 15 is 0 Å². The minimum atomic E-state index is 0.504. The zero-order valence-electron chi connectivity index (χ0n) is 16.5. The van der Waals surface area contributed by atoms with Crippen molar-refractivity contribution in [3.63, 3.8) is 0 Å². The van der Waals surface area contributed by atoms with Crippen molar-refractivity contribution in [3.8, 4) is 22.8 Å². The molecule has 0 bridgehead atoms. The van der Waals surface area contributed by atoms with Gasteiger partial charge >= 0.3 is 0 Å². The number of benzene rings is 2.